The highest BCUT2D eigenvalue weighted by Gasteiger charge is 2.51. The molecule has 1 aliphatic carbocycles. The maximum atomic E-state index is 13.1. The molecule has 3 aromatic rings. The molecule has 1 aromatic heterocycles. The predicted molar refractivity (Wildman–Crippen MR) is 114 cm³/mol. The van der Waals surface area contributed by atoms with E-state index in [1.807, 2.05) is 31.2 Å². The van der Waals surface area contributed by atoms with Gasteiger partial charge in [-0.2, -0.15) is 0 Å². The number of nitrogens with zero attached hydrogens (tertiary/aromatic N) is 1. The van der Waals surface area contributed by atoms with E-state index >= 15 is 0 Å². The Labute approximate surface area is 166 Å². The van der Waals surface area contributed by atoms with Crippen molar-refractivity contribution in [2.75, 3.05) is 5.32 Å². The summed E-state index contributed by atoms with van der Waals surface area (Å²) in [5.41, 5.74) is 4.49. The molecule has 146 valence electrons. The molecule has 0 saturated heterocycles. The topological polar surface area (TPSA) is 54.3 Å². The largest absolute Gasteiger partial charge is 0.508 e. The quantitative estimate of drug-likeness (QED) is 0.663. The molecule has 0 radical (unpaired) electrons. The minimum Gasteiger partial charge on any atom is -0.508 e. The maximum Gasteiger partial charge on any atom is 0.235 e. The number of phenolic OH excluding ortho intramolecular Hbond substituents is 1. The second-order valence-corrected chi connectivity index (χ2v) is 9.15. The van der Waals surface area contributed by atoms with E-state index in [0.717, 1.165) is 40.6 Å². The molecule has 2 N–H and O–H groups in total. The Kier molecular flexibility index (Phi) is 4.07. The lowest BCUT2D eigenvalue weighted by atomic mass is 9.92. The molecule has 1 aliphatic rings. The van der Waals surface area contributed by atoms with Crippen LogP contribution < -0.4 is 5.32 Å². The zero-order chi connectivity index (χ0) is 20.3. The number of fused-ring (bicyclic) bond motifs is 1. The summed E-state index contributed by atoms with van der Waals surface area (Å²) in [5, 5.41) is 14.3. The Bertz CT molecular complexity index is 1080. The maximum absolute atomic E-state index is 13.1. The van der Waals surface area contributed by atoms with Gasteiger partial charge in [0, 0.05) is 34.7 Å². The first-order chi connectivity index (χ1) is 13.1. The summed E-state index contributed by atoms with van der Waals surface area (Å²) in [7, 11) is 2.09. The number of hydrogen-bond acceptors (Lipinski definition) is 2. The van der Waals surface area contributed by atoms with Crippen LogP contribution in [0.15, 0.2) is 42.5 Å². The van der Waals surface area contributed by atoms with Crippen LogP contribution in [0.5, 0.6) is 5.75 Å². The summed E-state index contributed by atoms with van der Waals surface area (Å²) in [5.74, 6) is 0.249. The summed E-state index contributed by atoms with van der Waals surface area (Å²) in [6, 6.07) is 13.9. The minimum atomic E-state index is -0.520. The lowest BCUT2D eigenvalue weighted by molar-refractivity contribution is -0.118. The number of phenols is 1. The molecular formula is C24H28N2O2. The highest BCUT2D eigenvalue weighted by atomic mass is 16.3. The van der Waals surface area contributed by atoms with Crippen LogP contribution in [-0.4, -0.2) is 15.6 Å². The van der Waals surface area contributed by atoms with Crippen molar-refractivity contribution in [3.8, 4) is 5.75 Å². The zero-order valence-corrected chi connectivity index (χ0v) is 17.3. The summed E-state index contributed by atoms with van der Waals surface area (Å²) in [4.78, 5) is 13.1. The van der Waals surface area contributed by atoms with Gasteiger partial charge in [-0.3, -0.25) is 4.79 Å². The van der Waals surface area contributed by atoms with Crippen molar-refractivity contribution in [1.29, 1.82) is 0 Å². The van der Waals surface area contributed by atoms with Crippen LogP contribution >= 0.6 is 0 Å². The molecule has 4 rings (SSSR count). The number of carbonyl (C=O) groups excluding carboxylic acids is 1. The Morgan fingerprint density at radius 3 is 2.43 bits per heavy atom. The van der Waals surface area contributed by atoms with Crippen molar-refractivity contribution in [3.63, 3.8) is 0 Å². The first kappa shape index (κ1) is 18.6. The number of aryl methyl sites for hydroxylation is 2. The normalized spacial score (nSPS) is 15.6. The third-order valence-corrected chi connectivity index (χ3v) is 6.02. The van der Waals surface area contributed by atoms with Crippen molar-refractivity contribution in [3.05, 3.63) is 59.3 Å². The fourth-order valence-corrected chi connectivity index (χ4v) is 4.08. The molecule has 4 nitrogen and oxygen atoms in total. The molecule has 0 atom stereocenters. The van der Waals surface area contributed by atoms with Crippen molar-refractivity contribution in [1.82, 2.24) is 4.57 Å². The van der Waals surface area contributed by atoms with E-state index in [4.69, 9.17) is 0 Å². The van der Waals surface area contributed by atoms with Crippen LogP contribution in [0.1, 0.15) is 50.4 Å². The van der Waals surface area contributed by atoms with Crippen molar-refractivity contribution in [2.45, 2.75) is 51.4 Å². The van der Waals surface area contributed by atoms with E-state index in [9.17, 15) is 9.90 Å². The van der Waals surface area contributed by atoms with Crippen molar-refractivity contribution < 1.29 is 9.90 Å². The van der Waals surface area contributed by atoms with Gasteiger partial charge in [-0.05, 0) is 61.2 Å². The van der Waals surface area contributed by atoms with Gasteiger partial charge >= 0.3 is 0 Å². The number of anilines is 1. The van der Waals surface area contributed by atoms with Crippen molar-refractivity contribution in [2.24, 2.45) is 7.05 Å². The third kappa shape index (κ3) is 2.97. The molecule has 0 aliphatic heterocycles. The third-order valence-electron chi connectivity index (χ3n) is 6.02. The molecule has 1 saturated carbocycles. The van der Waals surface area contributed by atoms with Gasteiger partial charge < -0.3 is 15.0 Å². The number of benzene rings is 2. The van der Waals surface area contributed by atoms with E-state index in [1.54, 1.807) is 6.07 Å². The summed E-state index contributed by atoms with van der Waals surface area (Å²) < 4.78 is 2.22. The van der Waals surface area contributed by atoms with Gasteiger partial charge in [0.15, 0.2) is 0 Å². The SMILES string of the molecule is Cc1ccc(C2(C(=O)Nc3ccc4c(c3)cc(C(C)(C)C)n4C)CC2)cc1O. The molecule has 1 heterocycles. The number of carbonyl (C=O) groups is 1. The number of amides is 1. The molecule has 4 heteroatoms. The van der Waals surface area contributed by atoms with Crippen LogP contribution in [0.25, 0.3) is 10.9 Å². The van der Waals surface area contributed by atoms with Gasteiger partial charge in [-0.15, -0.1) is 0 Å². The minimum absolute atomic E-state index is 0.00193. The van der Waals surface area contributed by atoms with E-state index < -0.39 is 5.41 Å². The van der Waals surface area contributed by atoms with Gasteiger partial charge in [-0.1, -0.05) is 32.9 Å². The smallest absolute Gasteiger partial charge is 0.235 e. The molecular weight excluding hydrogens is 348 g/mol. The van der Waals surface area contributed by atoms with Gasteiger partial charge in [0.05, 0.1) is 5.41 Å². The molecule has 0 bridgehead atoms. The lowest BCUT2D eigenvalue weighted by Crippen LogP contribution is -2.27. The van der Waals surface area contributed by atoms with Crippen LogP contribution in [0.2, 0.25) is 0 Å². The second-order valence-electron chi connectivity index (χ2n) is 9.15. The number of nitrogens with one attached hydrogen (secondary N) is 1. The summed E-state index contributed by atoms with van der Waals surface area (Å²) in [6.45, 7) is 8.48. The lowest BCUT2D eigenvalue weighted by Gasteiger charge is -2.19. The van der Waals surface area contributed by atoms with Crippen LogP contribution in [0, 0.1) is 6.92 Å². The number of hydrogen-bond donors (Lipinski definition) is 2. The summed E-state index contributed by atoms with van der Waals surface area (Å²) in [6.07, 6.45) is 1.62. The first-order valence-corrected chi connectivity index (χ1v) is 9.83. The van der Waals surface area contributed by atoms with E-state index in [0.29, 0.717) is 0 Å². The second kappa shape index (κ2) is 6.13. The van der Waals surface area contributed by atoms with Crippen LogP contribution in [-0.2, 0) is 22.7 Å². The highest BCUT2D eigenvalue weighted by Crippen LogP contribution is 2.50. The van der Waals surface area contributed by atoms with Gasteiger partial charge in [0.1, 0.15) is 5.75 Å². The van der Waals surface area contributed by atoms with Gasteiger partial charge in [0.2, 0.25) is 5.91 Å². The molecule has 2 aromatic carbocycles. The Balaban J connectivity index is 1.63. The molecule has 1 amide bonds. The van der Waals surface area contributed by atoms with Gasteiger partial charge in [0.25, 0.3) is 0 Å². The van der Waals surface area contributed by atoms with E-state index in [2.05, 4.69) is 49.8 Å². The molecule has 0 unspecified atom stereocenters. The van der Waals surface area contributed by atoms with E-state index in [1.165, 1.54) is 5.69 Å². The fourth-order valence-electron chi connectivity index (χ4n) is 4.08. The monoisotopic (exact) mass is 376 g/mol. The zero-order valence-electron chi connectivity index (χ0n) is 17.3. The Morgan fingerprint density at radius 1 is 1.11 bits per heavy atom. The summed E-state index contributed by atoms with van der Waals surface area (Å²) >= 11 is 0. The number of aromatic hydroxyl groups is 1. The molecule has 28 heavy (non-hydrogen) atoms. The van der Waals surface area contributed by atoms with Crippen LogP contribution in [0.4, 0.5) is 5.69 Å². The average molecular weight is 377 g/mol. The number of aromatic nitrogens is 1. The highest BCUT2D eigenvalue weighted by molar-refractivity contribution is 6.02. The number of rotatable bonds is 3. The standard InChI is InChI=1S/C24H28N2O2/c1-15-6-7-17(14-20(15)27)24(10-11-24)22(28)25-18-8-9-19-16(12-18)13-21(26(19)5)23(2,3)4/h6-9,12-14,27H,10-11H2,1-5H3,(H,25,28). The average Bonchev–Trinajstić information content (AvgIpc) is 3.36. The molecule has 0 spiro atoms. The predicted octanol–water partition coefficient (Wildman–Crippen LogP) is 5.16. The first-order valence-electron chi connectivity index (χ1n) is 9.83. The van der Waals surface area contributed by atoms with Gasteiger partial charge in [-0.25, -0.2) is 0 Å². The molecule has 1 fully saturated rings. The van der Waals surface area contributed by atoms with Crippen molar-refractivity contribution >= 4 is 22.5 Å². The fraction of sp³-hybridized carbons (Fsp3) is 0.375. The Morgan fingerprint density at radius 2 is 1.82 bits per heavy atom. The Hall–Kier alpha value is -2.75. The van der Waals surface area contributed by atoms with E-state index in [-0.39, 0.29) is 17.1 Å². The van der Waals surface area contributed by atoms with Crippen LogP contribution in [0.3, 0.4) is 0 Å².